The highest BCUT2D eigenvalue weighted by Gasteiger charge is 2.21. The van der Waals surface area contributed by atoms with E-state index in [1.807, 2.05) is 13.8 Å². The van der Waals surface area contributed by atoms with Crippen molar-refractivity contribution in [2.24, 2.45) is 17.6 Å². The first kappa shape index (κ1) is 13.9. The van der Waals surface area contributed by atoms with Crippen LogP contribution in [-0.2, 0) is 4.79 Å². The van der Waals surface area contributed by atoms with E-state index in [-0.39, 0.29) is 30.0 Å². The second-order valence-electron chi connectivity index (χ2n) is 4.20. The summed E-state index contributed by atoms with van der Waals surface area (Å²) in [6.45, 7) is 4.06. The van der Waals surface area contributed by atoms with Crippen molar-refractivity contribution >= 4 is 23.2 Å². The van der Waals surface area contributed by atoms with Gasteiger partial charge in [-0.25, -0.2) is 4.39 Å². The number of amides is 1. The normalized spacial score (nSPS) is 12.6. The van der Waals surface area contributed by atoms with Gasteiger partial charge in [0.2, 0.25) is 5.91 Å². The highest BCUT2D eigenvalue weighted by atomic mass is 35.5. The molecule has 0 fully saturated rings. The summed E-state index contributed by atoms with van der Waals surface area (Å²) in [6.07, 6.45) is 0. The highest BCUT2D eigenvalue weighted by Crippen LogP contribution is 2.23. The SMILES string of the molecule is CC(C)C(CN)C(=O)Nc1cc(F)ccc1Cl. The topological polar surface area (TPSA) is 55.1 Å². The number of hydrogen-bond acceptors (Lipinski definition) is 2. The van der Waals surface area contributed by atoms with Crippen molar-refractivity contribution in [2.45, 2.75) is 13.8 Å². The summed E-state index contributed by atoms with van der Waals surface area (Å²) in [5.74, 6) is -0.879. The second-order valence-corrected chi connectivity index (χ2v) is 4.61. The van der Waals surface area contributed by atoms with Crippen molar-refractivity contribution in [3.8, 4) is 0 Å². The molecule has 1 aromatic rings. The quantitative estimate of drug-likeness (QED) is 0.872. The van der Waals surface area contributed by atoms with E-state index in [0.29, 0.717) is 5.02 Å². The van der Waals surface area contributed by atoms with Crippen LogP contribution in [-0.4, -0.2) is 12.5 Å². The van der Waals surface area contributed by atoms with E-state index < -0.39 is 5.82 Å². The Labute approximate surface area is 105 Å². The molecule has 0 aromatic heterocycles. The molecule has 1 unspecified atom stereocenters. The zero-order valence-corrected chi connectivity index (χ0v) is 10.6. The van der Waals surface area contributed by atoms with E-state index in [1.54, 1.807) is 0 Å². The maximum Gasteiger partial charge on any atom is 0.229 e. The number of hydrogen-bond donors (Lipinski definition) is 2. The molecule has 1 aromatic carbocycles. The lowest BCUT2D eigenvalue weighted by Crippen LogP contribution is -2.33. The lowest BCUT2D eigenvalue weighted by Gasteiger charge is -2.18. The number of halogens is 2. The Kier molecular flexibility index (Phi) is 4.90. The van der Waals surface area contributed by atoms with E-state index in [2.05, 4.69) is 5.32 Å². The minimum Gasteiger partial charge on any atom is -0.330 e. The number of carbonyl (C=O) groups is 1. The Balaban J connectivity index is 2.83. The molecule has 0 radical (unpaired) electrons. The third kappa shape index (κ3) is 3.68. The average molecular weight is 259 g/mol. The van der Waals surface area contributed by atoms with E-state index >= 15 is 0 Å². The van der Waals surface area contributed by atoms with Gasteiger partial charge in [0.1, 0.15) is 5.82 Å². The molecular weight excluding hydrogens is 243 g/mol. The van der Waals surface area contributed by atoms with Gasteiger partial charge in [-0.1, -0.05) is 25.4 Å². The molecule has 94 valence electrons. The van der Waals surface area contributed by atoms with Gasteiger partial charge in [-0.05, 0) is 24.1 Å². The van der Waals surface area contributed by atoms with Gasteiger partial charge in [0.25, 0.3) is 0 Å². The molecule has 0 spiro atoms. The van der Waals surface area contributed by atoms with Crippen molar-refractivity contribution in [3.05, 3.63) is 29.0 Å². The molecule has 0 aliphatic carbocycles. The third-order valence-electron chi connectivity index (χ3n) is 2.58. The molecule has 1 amide bonds. The minimum absolute atomic E-state index is 0.118. The molecule has 0 heterocycles. The van der Waals surface area contributed by atoms with Gasteiger partial charge in [0.15, 0.2) is 0 Å². The lowest BCUT2D eigenvalue weighted by molar-refractivity contribution is -0.120. The van der Waals surface area contributed by atoms with Gasteiger partial charge in [0, 0.05) is 6.54 Å². The first-order chi connectivity index (χ1) is 7.95. The molecule has 5 heteroatoms. The molecule has 0 aliphatic rings. The van der Waals surface area contributed by atoms with Gasteiger partial charge in [0.05, 0.1) is 16.6 Å². The third-order valence-corrected chi connectivity index (χ3v) is 2.91. The van der Waals surface area contributed by atoms with Crippen LogP contribution < -0.4 is 11.1 Å². The van der Waals surface area contributed by atoms with Gasteiger partial charge in [-0.15, -0.1) is 0 Å². The fourth-order valence-electron chi connectivity index (χ4n) is 1.50. The van der Waals surface area contributed by atoms with E-state index in [4.69, 9.17) is 17.3 Å². The first-order valence-electron chi connectivity index (χ1n) is 5.41. The number of nitrogens with one attached hydrogen (secondary N) is 1. The van der Waals surface area contributed by atoms with Crippen molar-refractivity contribution in [1.82, 2.24) is 0 Å². The molecule has 3 nitrogen and oxygen atoms in total. The van der Waals surface area contributed by atoms with E-state index in [9.17, 15) is 9.18 Å². The summed E-state index contributed by atoms with van der Waals surface area (Å²) in [4.78, 5) is 11.9. The number of anilines is 1. The van der Waals surface area contributed by atoms with Crippen LogP contribution >= 0.6 is 11.6 Å². The zero-order valence-electron chi connectivity index (χ0n) is 9.84. The number of nitrogens with two attached hydrogens (primary N) is 1. The molecular formula is C12H16ClFN2O. The second kappa shape index (κ2) is 5.98. The standard InChI is InChI=1S/C12H16ClFN2O/c1-7(2)9(6-15)12(17)16-11-5-8(14)3-4-10(11)13/h3-5,7,9H,6,15H2,1-2H3,(H,16,17). The summed E-state index contributed by atoms with van der Waals surface area (Å²) in [5.41, 5.74) is 5.80. The van der Waals surface area contributed by atoms with Crippen LogP contribution in [0.25, 0.3) is 0 Å². The molecule has 0 saturated heterocycles. The van der Waals surface area contributed by atoms with Crippen molar-refractivity contribution in [3.63, 3.8) is 0 Å². The minimum atomic E-state index is -0.446. The number of carbonyl (C=O) groups excluding carboxylic acids is 1. The molecule has 1 atom stereocenters. The van der Waals surface area contributed by atoms with Crippen molar-refractivity contribution in [2.75, 3.05) is 11.9 Å². The predicted molar refractivity (Wildman–Crippen MR) is 67.4 cm³/mol. The van der Waals surface area contributed by atoms with Crippen LogP contribution in [0.4, 0.5) is 10.1 Å². The van der Waals surface area contributed by atoms with Crippen LogP contribution in [0.15, 0.2) is 18.2 Å². The van der Waals surface area contributed by atoms with Gasteiger partial charge < -0.3 is 11.1 Å². The molecule has 1 rings (SSSR count). The molecule has 3 N–H and O–H groups in total. The lowest BCUT2D eigenvalue weighted by atomic mass is 9.95. The van der Waals surface area contributed by atoms with E-state index in [1.165, 1.54) is 18.2 Å². The Morgan fingerprint density at radius 1 is 1.53 bits per heavy atom. The Morgan fingerprint density at radius 2 is 2.18 bits per heavy atom. The summed E-state index contributed by atoms with van der Waals surface area (Å²) < 4.78 is 13.0. The largest absolute Gasteiger partial charge is 0.330 e. The fourth-order valence-corrected chi connectivity index (χ4v) is 1.67. The van der Waals surface area contributed by atoms with Crippen LogP contribution in [0.5, 0.6) is 0 Å². The smallest absolute Gasteiger partial charge is 0.229 e. The zero-order chi connectivity index (χ0) is 13.0. The van der Waals surface area contributed by atoms with Gasteiger partial charge in [-0.3, -0.25) is 4.79 Å². The monoisotopic (exact) mass is 258 g/mol. The number of benzene rings is 1. The van der Waals surface area contributed by atoms with E-state index in [0.717, 1.165) is 0 Å². The molecule has 0 aliphatic heterocycles. The molecule has 0 bridgehead atoms. The van der Waals surface area contributed by atoms with Gasteiger partial charge >= 0.3 is 0 Å². The molecule has 17 heavy (non-hydrogen) atoms. The highest BCUT2D eigenvalue weighted by molar-refractivity contribution is 6.33. The summed E-state index contributed by atoms with van der Waals surface area (Å²) in [5, 5.41) is 2.90. The van der Waals surface area contributed by atoms with Crippen molar-refractivity contribution < 1.29 is 9.18 Å². The summed E-state index contributed by atoms with van der Waals surface area (Å²) in [7, 11) is 0. The maximum absolute atomic E-state index is 13.0. The van der Waals surface area contributed by atoms with Crippen LogP contribution in [0.1, 0.15) is 13.8 Å². The van der Waals surface area contributed by atoms with Gasteiger partial charge in [-0.2, -0.15) is 0 Å². The maximum atomic E-state index is 13.0. The van der Waals surface area contributed by atoms with Crippen LogP contribution in [0, 0.1) is 17.7 Å². The Hall–Kier alpha value is -1.13. The van der Waals surface area contributed by atoms with Crippen LogP contribution in [0.3, 0.4) is 0 Å². The average Bonchev–Trinajstić information content (AvgIpc) is 2.24. The Morgan fingerprint density at radius 3 is 2.71 bits per heavy atom. The van der Waals surface area contributed by atoms with Crippen LogP contribution in [0.2, 0.25) is 5.02 Å². The molecule has 0 saturated carbocycles. The summed E-state index contributed by atoms with van der Waals surface area (Å²) in [6, 6.07) is 3.83. The first-order valence-corrected chi connectivity index (χ1v) is 5.79. The summed E-state index contributed by atoms with van der Waals surface area (Å²) >= 11 is 5.86. The predicted octanol–water partition coefficient (Wildman–Crippen LogP) is 2.65. The van der Waals surface area contributed by atoms with Crippen molar-refractivity contribution in [1.29, 1.82) is 0 Å². The fraction of sp³-hybridized carbons (Fsp3) is 0.417. The number of rotatable bonds is 4. The Bertz CT molecular complexity index is 409.